The smallest absolute Gasteiger partial charge is 0.419 e. The van der Waals surface area contributed by atoms with Crippen molar-refractivity contribution < 1.29 is 22.3 Å². The van der Waals surface area contributed by atoms with E-state index in [2.05, 4.69) is 0 Å². The zero-order valence-corrected chi connectivity index (χ0v) is 11.9. The van der Waals surface area contributed by atoms with Gasteiger partial charge in [-0.15, -0.1) is 0 Å². The Morgan fingerprint density at radius 2 is 1.55 bits per heavy atom. The summed E-state index contributed by atoms with van der Waals surface area (Å²) in [6, 6.07) is 11.4. The molecule has 0 aliphatic carbocycles. The molecule has 118 valence electrons. The minimum absolute atomic E-state index is 0.142. The van der Waals surface area contributed by atoms with E-state index in [1.165, 1.54) is 30.3 Å². The van der Waals surface area contributed by atoms with E-state index < -0.39 is 11.7 Å². The van der Waals surface area contributed by atoms with Crippen LogP contribution in [0.15, 0.2) is 48.5 Å². The van der Waals surface area contributed by atoms with E-state index in [4.69, 9.17) is 4.74 Å². The maximum absolute atomic E-state index is 12.8. The number of aryl methyl sites for hydroxylation is 1. The van der Waals surface area contributed by atoms with Crippen molar-refractivity contribution in [3.63, 3.8) is 0 Å². The summed E-state index contributed by atoms with van der Waals surface area (Å²) in [7, 11) is 0. The van der Waals surface area contributed by atoms with Crippen LogP contribution >= 0.6 is 0 Å². The van der Waals surface area contributed by atoms with Gasteiger partial charge in [-0.3, -0.25) is 0 Å². The molecule has 1 nitrogen and oxygen atoms in total. The predicted octanol–water partition coefficient (Wildman–Crippen LogP) is 5.25. The van der Waals surface area contributed by atoms with E-state index in [1.807, 2.05) is 0 Å². The highest BCUT2D eigenvalue weighted by Crippen LogP contribution is 2.35. The highest BCUT2D eigenvalue weighted by molar-refractivity contribution is 5.35. The molecule has 22 heavy (non-hydrogen) atoms. The third-order valence-electron chi connectivity index (χ3n) is 3.22. The van der Waals surface area contributed by atoms with Crippen molar-refractivity contribution in [3.8, 4) is 5.75 Å². The zero-order valence-electron chi connectivity index (χ0n) is 11.9. The molecule has 0 fully saturated rings. The van der Waals surface area contributed by atoms with E-state index in [1.54, 1.807) is 12.1 Å². The Kier molecular flexibility index (Phi) is 5.41. The second-order valence-corrected chi connectivity index (χ2v) is 4.93. The predicted molar refractivity (Wildman–Crippen MR) is 76.3 cm³/mol. The number of rotatable bonds is 6. The van der Waals surface area contributed by atoms with Gasteiger partial charge in [0.15, 0.2) is 0 Å². The molecule has 0 saturated carbocycles. The number of para-hydroxylation sites is 1. The fraction of sp³-hybridized carbons (Fsp3) is 0.294. The van der Waals surface area contributed by atoms with Gasteiger partial charge in [-0.1, -0.05) is 24.3 Å². The standard InChI is InChI=1S/C17H16F4O/c18-14-10-8-13(9-11-14)5-3-4-12-22-16-7-2-1-6-15(16)17(19,20)21/h1-2,6-11H,3-5,12H2. The first kappa shape index (κ1) is 16.3. The molecule has 0 aliphatic rings. The van der Waals surface area contributed by atoms with Crippen LogP contribution in [-0.4, -0.2) is 6.61 Å². The molecule has 0 aromatic heterocycles. The minimum Gasteiger partial charge on any atom is -0.493 e. The van der Waals surface area contributed by atoms with Crippen LogP contribution < -0.4 is 4.74 Å². The van der Waals surface area contributed by atoms with Crippen LogP contribution in [0.4, 0.5) is 17.6 Å². The maximum Gasteiger partial charge on any atom is 0.419 e. The van der Waals surface area contributed by atoms with Gasteiger partial charge in [-0.2, -0.15) is 13.2 Å². The molecule has 0 unspecified atom stereocenters. The molecule has 0 saturated heterocycles. The Balaban J connectivity index is 1.79. The molecule has 0 heterocycles. The van der Waals surface area contributed by atoms with Crippen LogP contribution in [0, 0.1) is 5.82 Å². The molecule has 0 atom stereocenters. The van der Waals surface area contributed by atoms with Crippen molar-refractivity contribution in [3.05, 3.63) is 65.5 Å². The van der Waals surface area contributed by atoms with Gasteiger partial charge in [0, 0.05) is 0 Å². The van der Waals surface area contributed by atoms with Crippen LogP contribution in [-0.2, 0) is 12.6 Å². The Morgan fingerprint density at radius 1 is 0.864 bits per heavy atom. The molecule has 5 heteroatoms. The number of alkyl halides is 3. The normalized spacial score (nSPS) is 11.5. The maximum atomic E-state index is 12.8. The minimum atomic E-state index is -4.41. The van der Waals surface area contributed by atoms with Gasteiger partial charge in [-0.05, 0) is 49.1 Å². The van der Waals surface area contributed by atoms with Crippen molar-refractivity contribution in [2.24, 2.45) is 0 Å². The monoisotopic (exact) mass is 312 g/mol. The van der Waals surface area contributed by atoms with Crippen molar-refractivity contribution in [2.45, 2.75) is 25.4 Å². The first-order valence-electron chi connectivity index (χ1n) is 7.00. The van der Waals surface area contributed by atoms with Gasteiger partial charge in [0.05, 0.1) is 12.2 Å². The number of hydrogen-bond acceptors (Lipinski definition) is 1. The Morgan fingerprint density at radius 3 is 2.23 bits per heavy atom. The van der Waals surface area contributed by atoms with Crippen molar-refractivity contribution >= 4 is 0 Å². The van der Waals surface area contributed by atoms with Gasteiger partial charge in [0.2, 0.25) is 0 Å². The van der Waals surface area contributed by atoms with Crippen LogP contribution in [0.1, 0.15) is 24.0 Å². The molecule has 0 spiro atoms. The second-order valence-electron chi connectivity index (χ2n) is 4.93. The quantitative estimate of drug-likeness (QED) is 0.523. The van der Waals surface area contributed by atoms with Crippen molar-refractivity contribution in [1.82, 2.24) is 0 Å². The molecule has 2 rings (SSSR count). The second kappa shape index (κ2) is 7.29. The van der Waals surface area contributed by atoms with Crippen molar-refractivity contribution in [2.75, 3.05) is 6.61 Å². The molecule has 0 N–H and O–H groups in total. The van der Waals surface area contributed by atoms with Gasteiger partial charge in [0.25, 0.3) is 0 Å². The molecule has 0 radical (unpaired) electrons. The molecule has 0 bridgehead atoms. The van der Waals surface area contributed by atoms with Crippen LogP contribution in [0.25, 0.3) is 0 Å². The first-order valence-corrected chi connectivity index (χ1v) is 7.00. The SMILES string of the molecule is Fc1ccc(CCCCOc2ccccc2C(F)(F)F)cc1. The summed E-state index contributed by atoms with van der Waals surface area (Å²) in [6.45, 7) is 0.217. The first-order chi connectivity index (χ1) is 10.5. The number of hydrogen-bond donors (Lipinski definition) is 0. The molecular weight excluding hydrogens is 296 g/mol. The van der Waals surface area contributed by atoms with Crippen LogP contribution in [0.3, 0.4) is 0 Å². The van der Waals surface area contributed by atoms with E-state index in [-0.39, 0.29) is 18.2 Å². The summed E-state index contributed by atoms with van der Waals surface area (Å²) >= 11 is 0. The van der Waals surface area contributed by atoms with Gasteiger partial charge in [-0.25, -0.2) is 4.39 Å². The number of halogens is 4. The highest BCUT2D eigenvalue weighted by Gasteiger charge is 2.33. The average Bonchev–Trinajstić information content (AvgIpc) is 2.48. The third-order valence-corrected chi connectivity index (χ3v) is 3.22. The molecule has 2 aromatic carbocycles. The molecule has 2 aromatic rings. The van der Waals surface area contributed by atoms with E-state index in [9.17, 15) is 17.6 Å². The lowest BCUT2D eigenvalue weighted by molar-refractivity contribution is -0.138. The van der Waals surface area contributed by atoms with E-state index in [0.29, 0.717) is 6.42 Å². The zero-order chi connectivity index (χ0) is 16.0. The third kappa shape index (κ3) is 4.76. The molecule has 0 amide bonds. The van der Waals surface area contributed by atoms with E-state index in [0.717, 1.165) is 24.5 Å². The van der Waals surface area contributed by atoms with Gasteiger partial charge in [0.1, 0.15) is 11.6 Å². The molecule has 0 aliphatic heterocycles. The Labute approximate surface area is 126 Å². The van der Waals surface area contributed by atoms with Gasteiger partial charge < -0.3 is 4.74 Å². The Hall–Kier alpha value is -2.04. The highest BCUT2D eigenvalue weighted by atomic mass is 19.4. The number of benzene rings is 2. The summed E-state index contributed by atoms with van der Waals surface area (Å²) < 4.78 is 56.3. The lowest BCUT2D eigenvalue weighted by Gasteiger charge is -2.13. The Bertz CT molecular complexity index is 590. The lowest BCUT2D eigenvalue weighted by Crippen LogP contribution is -2.09. The fourth-order valence-electron chi connectivity index (χ4n) is 2.09. The number of unbranched alkanes of at least 4 members (excludes halogenated alkanes) is 1. The number of ether oxygens (including phenoxy) is 1. The van der Waals surface area contributed by atoms with E-state index >= 15 is 0 Å². The summed E-state index contributed by atoms with van der Waals surface area (Å²) in [6.07, 6.45) is -2.28. The summed E-state index contributed by atoms with van der Waals surface area (Å²) in [5.74, 6) is -0.423. The van der Waals surface area contributed by atoms with Crippen LogP contribution in [0.2, 0.25) is 0 Å². The topological polar surface area (TPSA) is 9.23 Å². The van der Waals surface area contributed by atoms with Crippen LogP contribution in [0.5, 0.6) is 5.75 Å². The molecular formula is C17H16F4O. The lowest BCUT2D eigenvalue weighted by atomic mass is 10.1. The summed E-state index contributed by atoms with van der Waals surface area (Å²) in [5.41, 5.74) is 0.241. The van der Waals surface area contributed by atoms with Crippen molar-refractivity contribution in [1.29, 1.82) is 0 Å². The average molecular weight is 312 g/mol. The largest absolute Gasteiger partial charge is 0.493 e. The van der Waals surface area contributed by atoms with Gasteiger partial charge >= 0.3 is 6.18 Å². The summed E-state index contributed by atoms with van der Waals surface area (Å²) in [5, 5.41) is 0. The summed E-state index contributed by atoms with van der Waals surface area (Å²) in [4.78, 5) is 0. The fourth-order valence-corrected chi connectivity index (χ4v) is 2.09.